The number of hydrogen-bond acceptors (Lipinski definition) is 9. The van der Waals surface area contributed by atoms with Crippen LogP contribution in [0, 0.1) is 5.82 Å². The highest BCUT2D eigenvalue weighted by atomic mass is 19.1. The summed E-state index contributed by atoms with van der Waals surface area (Å²) in [7, 11) is 1.65. The van der Waals surface area contributed by atoms with Gasteiger partial charge in [-0.1, -0.05) is 12.1 Å². The molecule has 0 radical (unpaired) electrons. The van der Waals surface area contributed by atoms with E-state index < -0.39 is 6.09 Å². The SMILES string of the molecule is COC[C@@H]1COCCN1C[C@H]1CN(C(=O)O)[C@H](C)CN1CC(=O)N1c2cc(Cc3ccc(F)cc3)c(CO)nc2OC[C@@H]1C. The number of fused-ring (bicyclic) bond motifs is 1. The van der Waals surface area contributed by atoms with E-state index in [9.17, 15) is 24.2 Å². The first kappa shape index (κ1) is 32.0. The summed E-state index contributed by atoms with van der Waals surface area (Å²) < 4.78 is 30.5. The van der Waals surface area contributed by atoms with Crippen molar-refractivity contribution in [3.63, 3.8) is 0 Å². The number of hydrogen-bond donors (Lipinski definition) is 2. The van der Waals surface area contributed by atoms with Crippen LogP contribution in [0.1, 0.15) is 30.7 Å². The van der Waals surface area contributed by atoms with Crippen molar-refractivity contribution in [3.8, 4) is 5.88 Å². The molecule has 2 aromatic rings. The summed E-state index contributed by atoms with van der Waals surface area (Å²) in [6, 6.07) is 7.22. The second kappa shape index (κ2) is 14.2. The highest BCUT2D eigenvalue weighted by molar-refractivity contribution is 5.97. The summed E-state index contributed by atoms with van der Waals surface area (Å²) in [4.78, 5) is 38.3. The molecule has 0 aliphatic carbocycles. The molecule has 3 aliphatic rings. The van der Waals surface area contributed by atoms with Gasteiger partial charge in [-0.2, -0.15) is 0 Å². The predicted molar refractivity (Wildman–Crippen MR) is 159 cm³/mol. The molecule has 13 heteroatoms. The van der Waals surface area contributed by atoms with Crippen molar-refractivity contribution in [2.75, 3.05) is 71.2 Å². The number of aromatic nitrogens is 1. The lowest BCUT2D eigenvalue weighted by molar-refractivity contribution is -0.122. The predicted octanol–water partition coefficient (Wildman–Crippen LogP) is 1.82. The van der Waals surface area contributed by atoms with Gasteiger partial charge in [0.15, 0.2) is 0 Å². The highest BCUT2D eigenvalue weighted by Gasteiger charge is 2.40. The summed E-state index contributed by atoms with van der Waals surface area (Å²) in [5.41, 5.74) is 2.51. The molecule has 4 atom stereocenters. The van der Waals surface area contributed by atoms with Crippen LogP contribution in [0.15, 0.2) is 30.3 Å². The minimum Gasteiger partial charge on any atom is -0.474 e. The number of benzene rings is 1. The number of carboxylic acid groups (broad SMARTS) is 1. The Kier molecular flexibility index (Phi) is 10.3. The zero-order chi connectivity index (χ0) is 31.4. The molecule has 0 unspecified atom stereocenters. The number of carbonyl (C=O) groups is 2. The van der Waals surface area contributed by atoms with Crippen LogP contribution in [0.4, 0.5) is 14.9 Å². The first-order valence-corrected chi connectivity index (χ1v) is 15.1. The van der Waals surface area contributed by atoms with Crippen molar-refractivity contribution in [1.29, 1.82) is 0 Å². The van der Waals surface area contributed by atoms with Gasteiger partial charge in [0.05, 0.1) is 50.7 Å². The topological polar surface area (TPSA) is 128 Å². The van der Waals surface area contributed by atoms with E-state index in [2.05, 4.69) is 14.8 Å². The number of ether oxygens (including phenoxy) is 3. The van der Waals surface area contributed by atoms with Gasteiger partial charge in [0, 0.05) is 45.4 Å². The van der Waals surface area contributed by atoms with Gasteiger partial charge in [-0.15, -0.1) is 0 Å². The van der Waals surface area contributed by atoms with E-state index in [-0.39, 0.29) is 68.1 Å². The number of pyridine rings is 1. The fourth-order valence-corrected chi connectivity index (χ4v) is 6.38. The monoisotopic (exact) mass is 615 g/mol. The van der Waals surface area contributed by atoms with Gasteiger partial charge >= 0.3 is 6.09 Å². The third-order valence-corrected chi connectivity index (χ3v) is 8.72. The Morgan fingerprint density at radius 1 is 1.09 bits per heavy atom. The van der Waals surface area contributed by atoms with Crippen LogP contribution in [0.25, 0.3) is 0 Å². The maximum Gasteiger partial charge on any atom is 0.407 e. The van der Waals surface area contributed by atoms with Crippen molar-refractivity contribution in [3.05, 3.63) is 53.0 Å². The average Bonchev–Trinajstić information content (AvgIpc) is 3.00. The average molecular weight is 616 g/mol. The molecule has 2 saturated heterocycles. The molecule has 0 saturated carbocycles. The number of nitrogens with zero attached hydrogens (tertiary/aromatic N) is 5. The molecule has 4 heterocycles. The number of halogens is 1. The molecule has 240 valence electrons. The Morgan fingerprint density at radius 2 is 1.86 bits per heavy atom. The van der Waals surface area contributed by atoms with E-state index in [1.165, 1.54) is 17.0 Å². The summed E-state index contributed by atoms with van der Waals surface area (Å²) in [5.74, 6) is -0.206. The van der Waals surface area contributed by atoms with E-state index in [1.54, 1.807) is 24.1 Å². The first-order chi connectivity index (χ1) is 21.2. The van der Waals surface area contributed by atoms with Crippen molar-refractivity contribution in [2.45, 2.75) is 51.0 Å². The minimum absolute atomic E-state index is 0.0430. The third-order valence-electron chi connectivity index (χ3n) is 8.72. The number of methoxy groups -OCH3 is 1. The van der Waals surface area contributed by atoms with E-state index in [1.807, 2.05) is 19.9 Å². The number of anilines is 1. The van der Waals surface area contributed by atoms with E-state index in [0.29, 0.717) is 62.8 Å². The molecule has 0 bridgehead atoms. The van der Waals surface area contributed by atoms with Crippen LogP contribution in [-0.2, 0) is 27.3 Å². The quantitative estimate of drug-likeness (QED) is 0.431. The number of aliphatic hydroxyl groups excluding tert-OH is 1. The molecular weight excluding hydrogens is 573 g/mol. The van der Waals surface area contributed by atoms with Crippen molar-refractivity contribution in [2.24, 2.45) is 0 Å². The summed E-state index contributed by atoms with van der Waals surface area (Å²) in [5, 5.41) is 20.0. The van der Waals surface area contributed by atoms with Crippen molar-refractivity contribution >= 4 is 17.7 Å². The largest absolute Gasteiger partial charge is 0.474 e. The molecule has 5 rings (SSSR count). The van der Waals surface area contributed by atoms with Crippen LogP contribution in [0.5, 0.6) is 5.88 Å². The smallest absolute Gasteiger partial charge is 0.407 e. The first-order valence-electron chi connectivity index (χ1n) is 15.1. The van der Waals surface area contributed by atoms with E-state index >= 15 is 0 Å². The Hall–Kier alpha value is -3.36. The third kappa shape index (κ3) is 7.13. The Morgan fingerprint density at radius 3 is 2.57 bits per heavy atom. The second-order valence-electron chi connectivity index (χ2n) is 11.8. The van der Waals surface area contributed by atoms with Crippen LogP contribution in [-0.4, -0.2) is 132 Å². The molecule has 1 aromatic heterocycles. The van der Waals surface area contributed by atoms with E-state index in [4.69, 9.17) is 14.2 Å². The normalized spacial score (nSPS) is 24.6. The Labute approximate surface area is 256 Å². The zero-order valence-corrected chi connectivity index (χ0v) is 25.5. The molecular formula is C31H42FN5O7. The number of carbonyl (C=O) groups excluding carboxylic acids is 1. The number of piperazine rings is 1. The fourth-order valence-electron chi connectivity index (χ4n) is 6.38. The molecule has 2 N–H and O–H groups in total. The Bertz CT molecular complexity index is 1310. The highest BCUT2D eigenvalue weighted by Crippen LogP contribution is 2.35. The lowest BCUT2D eigenvalue weighted by Gasteiger charge is -2.47. The number of rotatable bonds is 9. The molecule has 12 nitrogen and oxygen atoms in total. The molecule has 44 heavy (non-hydrogen) atoms. The number of aliphatic hydroxyl groups is 1. The summed E-state index contributed by atoms with van der Waals surface area (Å²) in [6.07, 6.45) is -0.578. The van der Waals surface area contributed by atoms with Gasteiger partial charge in [-0.3, -0.25) is 14.6 Å². The Balaban J connectivity index is 1.40. The number of morpholine rings is 1. The maximum absolute atomic E-state index is 14.2. The molecule has 1 aromatic carbocycles. The standard InChI is InChI=1S/C31H42FN5O7/c1-20-12-35(25(14-36(20)31(40)41)13-34-8-9-43-19-26(34)18-42-3)15-29(39)37-21(2)17-44-30-28(37)11-23(27(16-38)33-30)10-22-4-6-24(32)7-5-22/h4-7,11,20-21,25-26,38H,8-10,12-19H2,1-3H3,(H,40,41)/t20-,21+,25+,26-/m1/s1. The second-order valence-corrected chi connectivity index (χ2v) is 11.8. The minimum atomic E-state index is -0.973. The van der Waals surface area contributed by atoms with Gasteiger partial charge in [0.1, 0.15) is 18.1 Å². The lowest BCUT2D eigenvalue weighted by atomic mass is 10.0. The van der Waals surface area contributed by atoms with Crippen molar-refractivity contribution in [1.82, 2.24) is 19.7 Å². The van der Waals surface area contributed by atoms with Gasteiger partial charge in [-0.25, -0.2) is 14.2 Å². The molecule has 0 spiro atoms. The molecule has 2 fully saturated rings. The summed E-state index contributed by atoms with van der Waals surface area (Å²) in [6.45, 7) is 7.34. The molecule has 3 aliphatic heterocycles. The van der Waals surface area contributed by atoms with Crippen LogP contribution < -0.4 is 9.64 Å². The molecule has 2 amide bonds. The van der Waals surface area contributed by atoms with Crippen LogP contribution in [0.3, 0.4) is 0 Å². The number of amides is 2. The van der Waals surface area contributed by atoms with Crippen LogP contribution in [0.2, 0.25) is 0 Å². The van der Waals surface area contributed by atoms with Gasteiger partial charge in [-0.05, 0) is 49.6 Å². The lowest BCUT2D eigenvalue weighted by Crippen LogP contribution is -2.64. The van der Waals surface area contributed by atoms with Gasteiger partial charge in [0.25, 0.3) is 0 Å². The summed E-state index contributed by atoms with van der Waals surface area (Å²) >= 11 is 0. The zero-order valence-electron chi connectivity index (χ0n) is 25.5. The van der Waals surface area contributed by atoms with Crippen molar-refractivity contribution < 1.29 is 38.4 Å². The van der Waals surface area contributed by atoms with E-state index in [0.717, 1.165) is 5.56 Å². The fraction of sp³-hybridized carbons (Fsp3) is 0.581. The van der Waals surface area contributed by atoms with Gasteiger partial charge in [0.2, 0.25) is 11.8 Å². The maximum atomic E-state index is 14.2. The van der Waals surface area contributed by atoms with Crippen LogP contribution >= 0.6 is 0 Å². The van der Waals surface area contributed by atoms with Gasteiger partial charge < -0.3 is 34.2 Å².